The van der Waals surface area contributed by atoms with Crippen LogP contribution in [-0.4, -0.2) is 18.5 Å². The van der Waals surface area contributed by atoms with Gasteiger partial charge in [-0.3, -0.25) is 0 Å². The summed E-state index contributed by atoms with van der Waals surface area (Å²) in [5.41, 5.74) is 3.28. The molecule has 1 aliphatic heterocycles. The lowest BCUT2D eigenvalue weighted by Gasteiger charge is -2.34. The molecule has 1 nitrogen and oxygen atoms in total. The number of hydrogen-bond donors (Lipinski definition) is 0. The third-order valence-corrected chi connectivity index (χ3v) is 2.92. The van der Waals surface area contributed by atoms with E-state index in [-0.39, 0.29) is 0 Å². The molecule has 1 heteroatoms. The van der Waals surface area contributed by atoms with Crippen LogP contribution in [0.1, 0.15) is 40.5 Å². The summed E-state index contributed by atoms with van der Waals surface area (Å²) in [5, 5.41) is 0. The zero-order valence-electron chi connectivity index (χ0n) is 9.72. The van der Waals surface area contributed by atoms with Crippen molar-refractivity contribution in [2.75, 3.05) is 13.6 Å². The zero-order chi connectivity index (χ0) is 10.0. The second kappa shape index (κ2) is 4.17. The third kappa shape index (κ3) is 2.26. The van der Waals surface area contributed by atoms with E-state index in [4.69, 9.17) is 0 Å². The van der Waals surface area contributed by atoms with Gasteiger partial charge in [0.05, 0.1) is 0 Å². The monoisotopic (exact) mass is 181 g/mol. The molecule has 0 aromatic heterocycles. The fourth-order valence-electron chi connectivity index (χ4n) is 2.40. The molecule has 1 aliphatic rings. The molecule has 0 fully saturated rings. The Hall–Kier alpha value is -0.460. The average molecular weight is 181 g/mol. The lowest BCUT2D eigenvalue weighted by molar-refractivity contribution is 0.327. The van der Waals surface area contributed by atoms with Crippen LogP contribution in [0.5, 0.6) is 0 Å². The molecule has 0 N–H and O–H groups in total. The van der Waals surface area contributed by atoms with Crippen LogP contribution in [0, 0.1) is 11.8 Å². The second-order valence-corrected chi connectivity index (χ2v) is 4.74. The molecule has 0 radical (unpaired) electrons. The van der Waals surface area contributed by atoms with Crippen LogP contribution in [-0.2, 0) is 0 Å². The van der Waals surface area contributed by atoms with Crippen molar-refractivity contribution >= 4 is 0 Å². The van der Waals surface area contributed by atoms with Gasteiger partial charge in [-0.1, -0.05) is 27.7 Å². The highest BCUT2D eigenvalue weighted by Gasteiger charge is 2.20. The molecule has 13 heavy (non-hydrogen) atoms. The van der Waals surface area contributed by atoms with Gasteiger partial charge in [-0.15, -0.1) is 0 Å². The Kier molecular flexibility index (Phi) is 3.40. The Morgan fingerprint density at radius 2 is 1.69 bits per heavy atom. The summed E-state index contributed by atoms with van der Waals surface area (Å²) in [6, 6.07) is 0. The lowest BCUT2D eigenvalue weighted by Crippen LogP contribution is -2.29. The topological polar surface area (TPSA) is 3.24 Å². The molecule has 0 saturated carbocycles. The van der Waals surface area contributed by atoms with Gasteiger partial charge >= 0.3 is 0 Å². The van der Waals surface area contributed by atoms with Crippen LogP contribution >= 0.6 is 0 Å². The summed E-state index contributed by atoms with van der Waals surface area (Å²) in [5.74, 6) is 1.41. The fourth-order valence-corrected chi connectivity index (χ4v) is 2.40. The minimum Gasteiger partial charge on any atom is -0.378 e. The van der Waals surface area contributed by atoms with Gasteiger partial charge in [-0.05, 0) is 30.3 Å². The van der Waals surface area contributed by atoms with Crippen molar-refractivity contribution in [3.8, 4) is 0 Å². The van der Waals surface area contributed by atoms with Crippen LogP contribution in [0.15, 0.2) is 11.3 Å². The van der Waals surface area contributed by atoms with E-state index in [0.29, 0.717) is 5.92 Å². The largest absolute Gasteiger partial charge is 0.378 e. The van der Waals surface area contributed by atoms with E-state index in [2.05, 4.69) is 39.6 Å². The van der Waals surface area contributed by atoms with Gasteiger partial charge in [0.25, 0.3) is 0 Å². The molecule has 0 bridgehead atoms. The Morgan fingerprint density at radius 1 is 1.08 bits per heavy atom. The van der Waals surface area contributed by atoms with Crippen molar-refractivity contribution in [2.45, 2.75) is 40.5 Å². The summed E-state index contributed by atoms with van der Waals surface area (Å²) < 4.78 is 0. The number of nitrogens with zero attached hydrogens (tertiary/aromatic N) is 1. The van der Waals surface area contributed by atoms with Crippen LogP contribution in [0.2, 0.25) is 0 Å². The van der Waals surface area contributed by atoms with E-state index in [1.807, 2.05) is 0 Å². The van der Waals surface area contributed by atoms with E-state index in [1.165, 1.54) is 19.4 Å². The Labute approximate surface area is 82.8 Å². The molecule has 0 amide bonds. The van der Waals surface area contributed by atoms with Gasteiger partial charge in [-0.25, -0.2) is 0 Å². The first kappa shape index (κ1) is 10.6. The summed E-state index contributed by atoms with van der Waals surface area (Å²) >= 11 is 0. The highest BCUT2D eigenvalue weighted by Crippen LogP contribution is 2.30. The van der Waals surface area contributed by atoms with E-state index >= 15 is 0 Å². The summed E-state index contributed by atoms with van der Waals surface area (Å²) in [7, 11) is 2.23. The first-order chi connectivity index (χ1) is 6.04. The van der Waals surface area contributed by atoms with Crippen LogP contribution in [0.4, 0.5) is 0 Å². The smallest absolute Gasteiger partial charge is 0.0174 e. The predicted octanol–water partition coefficient (Wildman–Crippen LogP) is 3.28. The fraction of sp³-hybridized carbons (Fsp3) is 0.833. The van der Waals surface area contributed by atoms with Gasteiger partial charge in [0.1, 0.15) is 0 Å². The SMILES string of the molecule is CC(C)C1=C(C(C)C)N(C)CCC1. The summed E-state index contributed by atoms with van der Waals surface area (Å²) in [6.07, 6.45) is 2.65. The highest BCUT2D eigenvalue weighted by atomic mass is 15.1. The van der Waals surface area contributed by atoms with Crippen molar-refractivity contribution in [1.29, 1.82) is 0 Å². The molecule has 0 saturated heterocycles. The van der Waals surface area contributed by atoms with Gasteiger partial charge in [-0.2, -0.15) is 0 Å². The second-order valence-electron chi connectivity index (χ2n) is 4.74. The number of hydrogen-bond acceptors (Lipinski definition) is 1. The van der Waals surface area contributed by atoms with Crippen LogP contribution < -0.4 is 0 Å². The molecule has 1 heterocycles. The maximum Gasteiger partial charge on any atom is 0.0174 e. The van der Waals surface area contributed by atoms with Crippen molar-refractivity contribution < 1.29 is 0 Å². The minimum atomic E-state index is 0.683. The average Bonchev–Trinajstić information content (AvgIpc) is 2.02. The van der Waals surface area contributed by atoms with E-state index in [1.54, 1.807) is 11.3 Å². The highest BCUT2D eigenvalue weighted by molar-refractivity contribution is 5.19. The van der Waals surface area contributed by atoms with Crippen molar-refractivity contribution in [2.24, 2.45) is 11.8 Å². The van der Waals surface area contributed by atoms with Crippen LogP contribution in [0.3, 0.4) is 0 Å². The molecule has 76 valence electrons. The first-order valence-electron chi connectivity index (χ1n) is 5.48. The maximum absolute atomic E-state index is 2.45. The lowest BCUT2D eigenvalue weighted by atomic mass is 9.88. The van der Waals surface area contributed by atoms with Crippen molar-refractivity contribution in [3.63, 3.8) is 0 Å². The van der Waals surface area contributed by atoms with Gasteiger partial charge < -0.3 is 4.90 Å². The minimum absolute atomic E-state index is 0.683. The molecule has 0 spiro atoms. The Bertz CT molecular complexity index is 201. The number of allylic oxidation sites excluding steroid dienone is 2. The Morgan fingerprint density at radius 3 is 2.08 bits per heavy atom. The van der Waals surface area contributed by atoms with Gasteiger partial charge in [0, 0.05) is 19.3 Å². The van der Waals surface area contributed by atoms with Gasteiger partial charge in [0.15, 0.2) is 0 Å². The molecule has 0 aromatic rings. The zero-order valence-corrected chi connectivity index (χ0v) is 9.72. The van der Waals surface area contributed by atoms with E-state index < -0.39 is 0 Å². The first-order valence-corrected chi connectivity index (χ1v) is 5.48. The van der Waals surface area contributed by atoms with Crippen molar-refractivity contribution in [3.05, 3.63) is 11.3 Å². The molecular formula is C12H23N. The molecule has 0 aromatic carbocycles. The normalized spacial score (nSPS) is 19.2. The molecular weight excluding hydrogens is 158 g/mol. The number of rotatable bonds is 2. The standard InChI is InChI=1S/C12H23N/c1-9(2)11-7-6-8-13(5)12(11)10(3)4/h9-10H,6-8H2,1-5H3. The Balaban J connectivity index is 2.97. The maximum atomic E-state index is 2.45. The molecule has 0 unspecified atom stereocenters. The van der Waals surface area contributed by atoms with E-state index in [0.717, 1.165) is 5.92 Å². The third-order valence-electron chi connectivity index (χ3n) is 2.92. The van der Waals surface area contributed by atoms with E-state index in [9.17, 15) is 0 Å². The van der Waals surface area contributed by atoms with Gasteiger partial charge in [0.2, 0.25) is 0 Å². The molecule has 0 aliphatic carbocycles. The summed E-state index contributed by atoms with van der Waals surface area (Å²) in [4.78, 5) is 2.45. The predicted molar refractivity (Wildman–Crippen MR) is 58.6 cm³/mol. The van der Waals surface area contributed by atoms with Crippen LogP contribution in [0.25, 0.3) is 0 Å². The quantitative estimate of drug-likeness (QED) is 0.632. The summed E-state index contributed by atoms with van der Waals surface area (Å²) in [6.45, 7) is 10.5. The van der Waals surface area contributed by atoms with Crippen molar-refractivity contribution in [1.82, 2.24) is 4.90 Å². The molecule has 1 rings (SSSR count). The molecule has 0 atom stereocenters.